The van der Waals surface area contributed by atoms with Gasteiger partial charge in [-0.3, -0.25) is 19.4 Å². The number of nitrogens with one attached hydrogen (secondary N) is 1. The van der Waals surface area contributed by atoms with Gasteiger partial charge < -0.3 is 15.0 Å². The monoisotopic (exact) mass is 368 g/mol. The minimum Gasteiger partial charge on any atom is -0.381 e. The molecule has 0 aromatic carbocycles. The molecule has 0 aromatic rings. The highest BCUT2D eigenvalue weighted by atomic mass is 16.5. The molecule has 0 bridgehead atoms. The third-order valence-electron chi connectivity index (χ3n) is 4.95. The highest BCUT2D eigenvalue weighted by Gasteiger charge is 2.26. The third-order valence-corrected chi connectivity index (χ3v) is 4.95. The molecule has 2 aliphatic rings. The molecule has 7 nitrogen and oxygen atoms in total. The van der Waals surface area contributed by atoms with Gasteiger partial charge in [0.2, 0.25) is 11.8 Å². The maximum absolute atomic E-state index is 12.6. The summed E-state index contributed by atoms with van der Waals surface area (Å²) in [7, 11) is 0. The standard InChI is InChI=1S/C19H36N4O3/c1-5-21(12-16-6-11-26-15-16)14-18(25)23-9-7-22(8-10-23)13-17(24)20-19(2,3)4/h16H,5-15H2,1-4H3,(H,20,24). The van der Waals surface area contributed by atoms with Crippen molar-refractivity contribution in [2.24, 2.45) is 5.92 Å². The second-order valence-electron chi connectivity index (χ2n) is 8.51. The van der Waals surface area contributed by atoms with Crippen LogP contribution in [0, 0.1) is 5.92 Å². The topological polar surface area (TPSA) is 65.1 Å². The summed E-state index contributed by atoms with van der Waals surface area (Å²) >= 11 is 0. The Labute approximate surface area is 158 Å². The molecule has 2 fully saturated rings. The van der Waals surface area contributed by atoms with Crippen molar-refractivity contribution in [3.63, 3.8) is 0 Å². The molecule has 2 rings (SSSR count). The maximum Gasteiger partial charge on any atom is 0.236 e. The van der Waals surface area contributed by atoms with Crippen LogP contribution in [0.5, 0.6) is 0 Å². The molecule has 1 unspecified atom stereocenters. The Hall–Kier alpha value is -1.18. The quantitative estimate of drug-likeness (QED) is 0.705. The Morgan fingerprint density at radius 2 is 1.88 bits per heavy atom. The van der Waals surface area contributed by atoms with Gasteiger partial charge in [0.15, 0.2) is 0 Å². The fraction of sp³-hybridized carbons (Fsp3) is 0.895. The molecule has 0 aliphatic carbocycles. The van der Waals surface area contributed by atoms with Gasteiger partial charge >= 0.3 is 0 Å². The molecule has 1 N–H and O–H groups in total. The summed E-state index contributed by atoms with van der Waals surface area (Å²) in [6.45, 7) is 15.4. The van der Waals surface area contributed by atoms with E-state index in [1.165, 1.54) is 0 Å². The van der Waals surface area contributed by atoms with Crippen LogP contribution in [0.3, 0.4) is 0 Å². The van der Waals surface area contributed by atoms with Gasteiger partial charge in [-0.1, -0.05) is 6.92 Å². The first-order valence-electron chi connectivity index (χ1n) is 9.88. The Balaban J connectivity index is 1.70. The molecule has 2 aliphatic heterocycles. The van der Waals surface area contributed by atoms with Gasteiger partial charge in [0, 0.05) is 44.9 Å². The Bertz CT molecular complexity index is 464. The van der Waals surface area contributed by atoms with Gasteiger partial charge in [-0.05, 0) is 39.7 Å². The highest BCUT2D eigenvalue weighted by molar-refractivity contribution is 5.79. The summed E-state index contributed by atoms with van der Waals surface area (Å²) < 4.78 is 5.44. The number of likely N-dealkylation sites (N-methyl/N-ethyl adjacent to an activating group) is 1. The van der Waals surface area contributed by atoms with Crippen molar-refractivity contribution >= 4 is 11.8 Å². The van der Waals surface area contributed by atoms with E-state index in [0.29, 0.717) is 32.1 Å². The van der Waals surface area contributed by atoms with Crippen LogP contribution >= 0.6 is 0 Å². The number of piperazine rings is 1. The van der Waals surface area contributed by atoms with Crippen molar-refractivity contribution in [3.8, 4) is 0 Å². The largest absolute Gasteiger partial charge is 0.381 e. The van der Waals surface area contributed by atoms with Crippen LogP contribution in [0.4, 0.5) is 0 Å². The van der Waals surface area contributed by atoms with Crippen LogP contribution in [0.1, 0.15) is 34.1 Å². The fourth-order valence-corrected chi connectivity index (χ4v) is 3.51. The molecule has 0 radical (unpaired) electrons. The molecule has 2 heterocycles. The SMILES string of the molecule is CCN(CC(=O)N1CCN(CC(=O)NC(C)(C)C)CC1)CC1CCOC1. The molecule has 7 heteroatoms. The smallest absolute Gasteiger partial charge is 0.236 e. The summed E-state index contributed by atoms with van der Waals surface area (Å²) in [5.41, 5.74) is -0.206. The molecule has 2 saturated heterocycles. The lowest BCUT2D eigenvalue weighted by atomic mass is 10.1. The summed E-state index contributed by atoms with van der Waals surface area (Å²) in [6, 6.07) is 0. The van der Waals surface area contributed by atoms with Crippen molar-refractivity contribution < 1.29 is 14.3 Å². The molecular weight excluding hydrogens is 332 g/mol. The number of nitrogens with zero attached hydrogens (tertiary/aromatic N) is 3. The average Bonchev–Trinajstić information content (AvgIpc) is 3.06. The third kappa shape index (κ3) is 7.21. The molecule has 0 saturated carbocycles. The zero-order valence-electron chi connectivity index (χ0n) is 16.9. The van der Waals surface area contributed by atoms with E-state index in [1.54, 1.807) is 0 Å². The van der Waals surface area contributed by atoms with E-state index >= 15 is 0 Å². The van der Waals surface area contributed by atoms with Crippen molar-refractivity contribution in [3.05, 3.63) is 0 Å². The zero-order chi connectivity index (χ0) is 19.2. The van der Waals surface area contributed by atoms with E-state index in [9.17, 15) is 9.59 Å². The summed E-state index contributed by atoms with van der Waals surface area (Å²) in [6.07, 6.45) is 1.10. The van der Waals surface area contributed by atoms with Crippen LogP contribution in [-0.4, -0.2) is 97.6 Å². The van der Waals surface area contributed by atoms with Crippen molar-refractivity contribution in [2.75, 3.05) is 65.6 Å². The van der Waals surface area contributed by atoms with Gasteiger partial charge in [-0.25, -0.2) is 0 Å². The lowest BCUT2D eigenvalue weighted by Crippen LogP contribution is -2.54. The second kappa shape index (κ2) is 9.67. The molecule has 150 valence electrons. The zero-order valence-corrected chi connectivity index (χ0v) is 16.9. The number of hydrogen-bond donors (Lipinski definition) is 1. The van der Waals surface area contributed by atoms with Crippen molar-refractivity contribution in [1.82, 2.24) is 20.0 Å². The van der Waals surface area contributed by atoms with Crippen molar-refractivity contribution in [1.29, 1.82) is 0 Å². The van der Waals surface area contributed by atoms with Gasteiger partial charge in [-0.15, -0.1) is 0 Å². The van der Waals surface area contributed by atoms with Crippen LogP contribution in [-0.2, 0) is 14.3 Å². The predicted octanol–water partition coefficient (Wildman–Crippen LogP) is 0.404. The number of carbonyl (C=O) groups excluding carboxylic acids is 2. The minimum atomic E-state index is -0.206. The first-order valence-corrected chi connectivity index (χ1v) is 9.88. The van der Waals surface area contributed by atoms with E-state index in [2.05, 4.69) is 22.0 Å². The number of hydrogen-bond acceptors (Lipinski definition) is 5. The number of rotatable bonds is 7. The Kier molecular flexibility index (Phi) is 7.85. The highest BCUT2D eigenvalue weighted by Crippen LogP contribution is 2.14. The molecule has 1 atom stereocenters. The van der Waals surface area contributed by atoms with Gasteiger partial charge in [0.25, 0.3) is 0 Å². The Morgan fingerprint density at radius 1 is 1.19 bits per heavy atom. The van der Waals surface area contributed by atoms with Crippen LogP contribution in [0.25, 0.3) is 0 Å². The second-order valence-corrected chi connectivity index (χ2v) is 8.51. The van der Waals surface area contributed by atoms with E-state index in [0.717, 1.165) is 45.8 Å². The van der Waals surface area contributed by atoms with E-state index < -0.39 is 0 Å². The van der Waals surface area contributed by atoms with Crippen LogP contribution in [0.2, 0.25) is 0 Å². The van der Waals surface area contributed by atoms with E-state index in [1.807, 2.05) is 25.7 Å². The summed E-state index contributed by atoms with van der Waals surface area (Å²) in [4.78, 5) is 30.9. The molecular formula is C19H36N4O3. The molecule has 0 spiro atoms. The molecule has 26 heavy (non-hydrogen) atoms. The van der Waals surface area contributed by atoms with Gasteiger partial charge in [0.1, 0.15) is 0 Å². The van der Waals surface area contributed by atoms with E-state index in [-0.39, 0.29) is 17.4 Å². The molecule has 0 aromatic heterocycles. The first kappa shape index (κ1) is 21.1. The molecule has 2 amide bonds. The van der Waals surface area contributed by atoms with Gasteiger partial charge in [-0.2, -0.15) is 0 Å². The van der Waals surface area contributed by atoms with Crippen LogP contribution in [0.15, 0.2) is 0 Å². The van der Waals surface area contributed by atoms with Gasteiger partial charge in [0.05, 0.1) is 19.7 Å². The Morgan fingerprint density at radius 3 is 2.42 bits per heavy atom. The number of ether oxygens (including phenoxy) is 1. The van der Waals surface area contributed by atoms with Crippen LogP contribution < -0.4 is 5.32 Å². The lowest BCUT2D eigenvalue weighted by Gasteiger charge is -2.36. The maximum atomic E-state index is 12.6. The summed E-state index contributed by atoms with van der Waals surface area (Å²) in [5.74, 6) is 0.804. The first-order chi connectivity index (χ1) is 12.3. The minimum absolute atomic E-state index is 0.0493. The normalized spacial score (nSPS) is 22.0. The fourth-order valence-electron chi connectivity index (χ4n) is 3.51. The number of carbonyl (C=O) groups is 2. The predicted molar refractivity (Wildman–Crippen MR) is 102 cm³/mol. The lowest BCUT2D eigenvalue weighted by molar-refractivity contribution is -0.134. The van der Waals surface area contributed by atoms with E-state index in [4.69, 9.17) is 4.74 Å². The average molecular weight is 369 g/mol. The number of amides is 2. The summed E-state index contributed by atoms with van der Waals surface area (Å²) in [5, 5.41) is 2.99. The van der Waals surface area contributed by atoms with Crippen molar-refractivity contribution in [2.45, 2.75) is 39.7 Å².